The molecule has 1 aliphatic carbocycles. The molecule has 1 aliphatic rings. The number of hydrogen-bond acceptors (Lipinski definition) is 2. The highest BCUT2D eigenvalue weighted by molar-refractivity contribution is 5.38. The zero-order chi connectivity index (χ0) is 11.6. The molecule has 1 fully saturated rings. The monoisotopic (exact) mass is 219 g/mol. The van der Waals surface area contributed by atoms with Crippen molar-refractivity contribution in [3.05, 3.63) is 29.3 Å². The van der Waals surface area contributed by atoms with E-state index in [9.17, 15) is 0 Å². The Hall–Kier alpha value is -1.02. The van der Waals surface area contributed by atoms with E-state index in [0.717, 1.165) is 18.9 Å². The molecule has 2 N–H and O–H groups in total. The number of rotatable bonds is 4. The number of aryl methyl sites for hydroxylation is 1. The summed E-state index contributed by atoms with van der Waals surface area (Å²) in [4.78, 5) is 0. The summed E-state index contributed by atoms with van der Waals surface area (Å²) in [6, 6.07) is 6.21. The first kappa shape index (κ1) is 11.5. The quantitative estimate of drug-likeness (QED) is 0.845. The fourth-order valence-electron chi connectivity index (χ4n) is 2.20. The highest BCUT2D eigenvalue weighted by atomic mass is 16.5. The first-order valence-corrected chi connectivity index (χ1v) is 6.06. The van der Waals surface area contributed by atoms with Gasteiger partial charge in [0.25, 0.3) is 0 Å². The molecule has 1 aromatic carbocycles. The third-order valence-corrected chi connectivity index (χ3v) is 3.94. The van der Waals surface area contributed by atoms with Crippen LogP contribution in [0.1, 0.15) is 30.4 Å². The van der Waals surface area contributed by atoms with Gasteiger partial charge < -0.3 is 10.5 Å². The number of ether oxygens (including phenoxy) is 1. The molecule has 0 amide bonds. The van der Waals surface area contributed by atoms with E-state index >= 15 is 0 Å². The van der Waals surface area contributed by atoms with Crippen molar-refractivity contribution in [2.24, 2.45) is 11.1 Å². The van der Waals surface area contributed by atoms with Crippen molar-refractivity contribution < 1.29 is 4.74 Å². The lowest BCUT2D eigenvalue weighted by atomic mass is 9.69. The summed E-state index contributed by atoms with van der Waals surface area (Å²) in [7, 11) is 0. The van der Waals surface area contributed by atoms with Gasteiger partial charge in [-0.15, -0.1) is 0 Å². The molecule has 0 spiro atoms. The van der Waals surface area contributed by atoms with Crippen molar-refractivity contribution in [2.45, 2.75) is 33.1 Å². The number of hydrogen-bond donors (Lipinski definition) is 1. The van der Waals surface area contributed by atoms with Crippen molar-refractivity contribution in [2.75, 3.05) is 13.2 Å². The summed E-state index contributed by atoms with van der Waals surface area (Å²) in [6.45, 7) is 5.75. The molecule has 88 valence electrons. The van der Waals surface area contributed by atoms with Crippen LogP contribution >= 0.6 is 0 Å². The maximum absolute atomic E-state index is 5.94. The molecule has 1 saturated carbocycles. The van der Waals surface area contributed by atoms with E-state index in [-0.39, 0.29) is 5.41 Å². The van der Waals surface area contributed by atoms with Crippen LogP contribution in [0, 0.1) is 19.3 Å². The Balaban J connectivity index is 2.02. The molecule has 0 aromatic heterocycles. The van der Waals surface area contributed by atoms with Gasteiger partial charge in [-0.05, 0) is 43.9 Å². The Morgan fingerprint density at radius 3 is 2.62 bits per heavy atom. The van der Waals surface area contributed by atoms with E-state index < -0.39 is 0 Å². The largest absolute Gasteiger partial charge is 0.493 e. The second-order valence-corrected chi connectivity index (χ2v) is 5.04. The number of nitrogens with two attached hydrogens (primary N) is 1. The Morgan fingerprint density at radius 1 is 1.31 bits per heavy atom. The molecule has 0 radical (unpaired) electrons. The van der Waals surface area contributed by atoms with Gasteiger partial charge in [-0.1, -0.05) is 18.6 Å². The molecule has 2 heteroatoms. The van der Waals surface area contributed by atoms with Crippen molar-refractivity contribution in [3.63, 3.8) is 0 Å². The SMILES string of the molecule is Cc1cccc(OCC2(CN)CCC2)c1C. The van der Waals surface area contributed by atoms with Crippen LogP contribution in [0.25, 0.3) is 0 Å². The van der Waals surface area contributed by atoms with E-state index in [2.05, 4.69) is 19.9 Å². The second-order valence-electron chi connectivity index (χ2n) is 5.04. The van der Waals surface area contributed by atoms with Gasteiger partial charge >= 0.3 is 0 Å². The minimum atomic E-state index is 0.260. The van der Waals surface area contributed by atoms with Crippen molar-refractivity contribution in [3.8, 4) is 5.75 Å². The molecule has 2 rings (SSSR count). The Morgan fingerprint density at radius 2 is 2.06 bits per heavy atom. The zero-order valence-electron chi connectivity index (χ0n) is 10.3. The van der Waals surface area contributed by atoms with Crippen LogP contribution in [-0.2, 0) is 0 Å². The predicted octanol–water partition coefficient (Wildman–Crippen LogP) is 2.81. The van der Waals surface area contributed by atoms with Gasteiger partial charge in [-0.3, -0.25) is 0 Å². The summed E-state index contributed by atoms with van der Waals surface area (Å²) in [6.07, 6.45) is 3.73. The van der Waals surface area contributed by atoms with E-state index in [4.69, 9.17) is 10.5 Å². The lowest BCUT2D eigenvalue weighted by molar-refractivity contribution is 0.0664. The molecule has 0 saturated heterocycles. The fourth-order valence-corrected chi connectivity index (χ4v) is 2.20. The predicted molar refractivity (Wildman–Crippen MR) is 66.7 cm³/mol. The summed E-state index contributed by atoms with van der Waals surface area (Å²) in [5, 5.41) is 0. The topological polar surface area (TPSA) is 35.2 Å². The summed E-state index contributed by atoms with van der Waals surface area (Å²) in [5.74, 6) is 1.01. The Kier molecular flexibility index (Phi) is 3.20. The van der Waals surface area contributed by atoms with Gasteiger partial charge in [-0.2, -0.15) is 0 Å². The molecule has 1 aromatic rings. The lowest BCUT2D eigenvalue weighted by Gasteiger charge is -2.40. The first-order chi connectivity index (χ1) is 7.67. The third-order valence-electron chi connectivity index (χ3n) is 3.94. The van der Waals surface area contributed by atoms with Crippen LogP contribution in [0.5, 0.6) is 5.75 Å². The van der Waals surface area contributed by atoms with Gasteiger partial charge in [-0.25, -0.2) is 0 Å². The maximum atomic E-state index is 5.94. The van der Waals surface area contributed by atoms with E-state index in [0.29, 0.717) is 0 Å². The van der Waals surface area contributed by atoms with E-state index in [1.165, 1.54) is 30.4 Å². The Bertz CT molecular complexity index is 363. The maximum Gasteiger partial charge on any atom is 0.122 e. The van der Waals surface area contributed by atoms with Crippen molar-refractivity contribution >= 4 is 0 Å². The molecule has 0 bridgehead atoms. The average Bonchev–Trinajstić information content (AvgIpc) is 2.23. The second kappa shape index (κ2) is 4.46. The van der Waals surface area contributed by atoms with Gasteiger partial charge in [0.05, 0.1) is 6.61 Å². The van der Waals surface area contributed by atoms with Crippen molar-refractivity contribution in [1.82, 2.24) is 0 Å². The Labute approximate surface area is 97.8 Å². The third kappa shape index (κ3) is 2.07. The van der Waals surface area contributed by atoms with Crippen LogP contribution in [0.15, 0.2) is 18.2 Å². The van der Waals surface area contributed by atoms with Gasteiger partial charge in [0, 0.05) is 12.0 Å². The summed E-state index contributed by atoms with van der Waals surface area (Å²) >= 11 is 0. The lowest BCUT2D eigenvalue weighted by Crippen LogP contribution is -2.42. The van der Waals surface area contributed by atoms with Crippen LogP contribution in [0.4, 0.5) is 0 Å². The molecule has 0 aliphatic heterocycles. The van der Waals surface area contributed by atoms with Crippen LogP contribution in [0.3, 0.4) is 0 Å². The zero-order valence-corrected chi connectivity index (χ0v) is 10.3. The average molecular weight is 219 g/mol. The van der Waals surface area contributed by atoms with Gasteiger partial charge in [0.15, 0.2) is 0 Å². The van der Waals surface area contributed by atoms with Crippen LogP contribution in [0.2, 0.25) is 0 Å². The van der Waals surface area contributed by atoms with Crippen molar-refractivity contribution in [1.29, 1.82) is 0 Å². The van der Waals surface area contributed by atoms with Gasteiger partial charge in [0.1, 0.15) is 5.75 Å². The number of benzene rings is 1. The molecule has 0 atom stereocenters. The van der Waals surface area contributed by atoms with E-state index in [1.807, 2.05) is 12.1 Å². The van der Waals surface area contributed by atoms with E-state index in [1.54, 1.807) is 0 Å². The molecule has 16 heavy (non-hydrogen) atoms. The normalized spacial score (nSPS) is 17.9. The smallest absolute Gasteiger partial charge is 0.122 e. The molecular weight excluding hydrogens is 198 g/mol. The van der Waals surface area contributed by atoms with Crippen LogP contribution in [-0.4, -0.2) is 13.2 Å². The standard InChI is InChI=1S/C14H21NO/c1-11-5-3-6-13(12(11)2)16-10-14(9-15)7-4-8-14/h3,5-6H,4,7-10,15H2,1-2H3. The first-order valence-electron chi connectivity index (χ1n) is 6.06. The molecule has 0 unspecified atom stereocenters. The summed E-state index contributed by atoms with van der Waals surface area (Å²) < 4.78 is 5.94. The molecular formula is C14H21NO. The molecule has 2 nitrogen and oxygen atoms in total. The minimum absolute atomic E-state index is 0.260. The highest BCUT2D eigenvalue weighted by Crippen LogP contribution is 2.40. The fraction of sp³-hybridized carbons (Fsp3) is 0.571. The van der Waals surface area contributed by atoms with Gasteiger partial charge in [0.2, 0.25) is 0 Å². The summed E-state index contributed by atoms with van der Waals surface area (Å²) in [5.41, 5.74) is 8.61. The highest BCUT2D eigenvalue weighted by Gasteiger charge is 2.36. The minimum Gasteiger partial charge on any atom is -0.493 e. The van der Waals surface area contributed by atoms with Crippen LogP contribution < -0.4 is 10.5 Å². The molecule has 0 heterocycles.